The number of carbonyl (C=O) groups is 2. The van der Waals surface area contributed by atoms with E-state index in [1.807, 2.05) is 0 Å². The lowest BCUT2D eigenvalue weighted by Crippen LogP contribution is -2.13. The molecule has 19 heavy (non-hydrogen) atoms. The molecule has 2 rings (SSSR count). The highest BCUT2D eigenvalue weighted by Crippen LogP contribution is 2.13. The Labute approximate surface area is 119 Å². The molecule has 5 heteroatoms. The van der Waals surface area contributed by atoms with Crippen molar-refractivity contribution in [2.75, 3.05) is 5.32 Å². The summed E-state index contributed by atoms with van der Waals surface area (Å²) in [5.74, 6) is -0.355. The van der Waals surface area contributed by atoms with Crippen LogP contribution in [0.3, 0.4) is 0 Å². The minimum atomic E-state index is -0.312. The molecule has 0 aliphatic heterocycles. The normalized spacial score (nSPS) is 10.0. The lowest BCUT2D eigenvalue weighted by atomic mass is 10.1. The van der Waals surface area contributed by atoms with Crippen LogP contribution in [0.2, 0.25) is 0 Å². The number of benzene rings is 1. The van der Waals surface area contributed by atoms with Crippen LogP contribution in [0.25, 0.3) is 0 Å². The van der Waals surface area contributed by atoms with Gasteiger partial charge in [0, 0.05) is 21.9 Å². The Balaban J connectivity index is 2.17. The molecule has 2 aromatic rings. The van der Waals surface area contributed by atoms with Crippen LogP contribution in [-0.4, -0.2) is 16.7 Å². The maximum absolute atomic E-state index is 11.9. The van der Waals surface area contributed by atoms with E-state index >= 15 is 0 Å². The lowest BCUT2D eigenvalue weighted by Gasteiger charge is -2.05. The first-order valence-corrected chi connectivity index (χ1v) is 6.39. The highest BCUT2D eigenvalue weighted by molar-refractivity contribution is 9.10. The van der Waals surface area contributed by atoms with Crippen LogP contribution < -0.4 is 5.32 Å². The molecule has 0 radical (unpaired) electrons. The Morgan fingerprint density at radius 2 is 2.00 bits per heavy atom. The van der Waals surface area contributed by atoms with Gasteiger partial charge in [-0.05, 0) is 47.1 Å². The Morgan fingerprint density at radius 1 is 1.21 bits per heavy atom. The van der Waals surface area contributed by atoms with Crippen molar-refractivity contribution in [3.8, 4) is 0 Å². The summed E-state index contributed by atoms with van der Waals surface area (Å²) in [6.45, 7) is 1.48. The van der Waals surface area contributed by atoms with Gasteiger partial charge in [-0.25, -0.2) is 4.98 Å². The predicted octanol–water partition coefficient (Wildman–Crippen LogP) is 3.30. The molecule has 96 valence electrons. The number of nitrogens with zero attached hydrogens (tertiary/aromatic N) is 1. The Kier molecular flexibility index (Phi) is 4.06. The van der Waals surface area contributed by atoms with Crippen molar-refractivity contribution >= 4 is 33.3 Å². The van der Waals surface area contributed by atoms with Gasteiger partial charge in [-0.1, -0.05) is 12.1 Å². The summed E-state index contributed by atoms with van der Waals surface area (Å²) >= 11 is 3.26. The van der Waals surface area contributed by atoms with Crippen molar-refractivity contribution in [1.29, 1.82) is 0 Å². The predicted molar refractivity (Wildman–Crippen MR) is 76.3 cm³/mol. The van der Waals surface area contributed by atoms with Gasteiger partial charge in [0.25, 0.3) is 5.91 Å². The molecule has 0 aliphatic carbocycles. The average molecular weight is 319 g/mol. The van der Waals surface area contributed by atoms with E-state index in [1.165, 1.54) is 6.92 Å². The lowest BCUT2D eigenvalue weighted by molar-refractivity contribution is 0.100. The fourth-order valence-corrected chi connectivity index (χ4v) is 1.76. The number of anilines is 1. The van der Waals surface area contributed by atoms with Crippen LogP contribution in [0.4, 0.5) is 5.69 Å². The van der Waals surface area contributed by atoms with Gasteiger partial charge in [-0.15, -0.1) is 0 Å². The van der Waals surface area contributed by atoms with Crippen LogP contribution in [0.15, 0.2) is 47.1 Å². The molecule has 4 nitrogen and oxygen atoms in total. The summed E-state index contributed by atoms with van der Waals surface area (Å²) in [6.07, 6.45) is 1.56. The number of hydrogen-bond donors (Lipinski definition) is 1. The Hall–Kier alpha value is -2.01. The molecule has 0 atom stereocenters. The van der Waals surface area contributed by atoms with Crippen molar-refractivity contribution in [1.82, 2.24) is 4.98 Å². The van der Waals surface area contributed by atoms with Gasteiger partial charge >= 0.3 is 0 Å². The van der Waals surface area contributed by atoms with Gasteiger partial charge in [0.1, 0.15) is 5.69 Å². The number of nitrogens with one attached hydrogen (secondary N) is 1. The third-order valence-corrected chi connectivity index (χ3v) is 2.96. The van der Waals surface area contributed by atoms with Crippen molar-refractivity contribution in [2.45, 2.75) is 6.92 Å². The zero-order chi connectivity index (χ0) is 13.8. The number of pyridine rings is 1. The van der Waals surface area contributed by atoms with Gasteiger partial charge in [0.15, 0.2) is 5.78 Å². The number of aromatic nitrogens is 1. The molecule has 0 aliphatic rings. The number of ketones is 1. The van der Waals surface area contributed by atoms with E-state index in [4.69, 9.17) is 0 Å². The van der Waals surface area contributed by atoms with Crippen LogP contribution in [0, 0.1) is 0 Å². The summed E-state index contributed by atoms with van der Waals surface area (Å²) in [7, 11) is 0. The maximum atomic E-state index is 11.9. The maximum Gasteiger partial charge on any atom is 0.274 e. The van der Waals surface area contributed by atoms with Gasteiger partial charge in [-0.2, -0.15) is 0 Å². The second-order valence-corrected chi connectivity index (χ2v) is 4.87. The minimum Gasteiger partial charge on any atom is -0.321 e. The van der Waals surface area contributed by atoms with E-state index in [0.29, 0.717) is 16.9 Å². The zero-order valence-corrected chi connectivity index (χ0v) is 11.8. The quantitative estimate of drug-likeness (QED) is 0.883. The summed E-state index contributed by atoms with van der Waals surface area (Å²) in [4.78, 5) is 27.2. The number of rotatable bonds is 3. The first-order valence-electron chi connectivity index (χ1n) is 5.60. The minimum absolute atomic E-state index is 0.0436. The van der Waals surface area contributed by atoms with E-state index in [0.717, 1.165) is 4.47 Å². The molecule has 1 amide bonds. The molecule has 0 saturated carbocycles. The molecule has 1 N–H and O–H groups in total. The average Bonchev–Trinajstić information content (AvgIpc) is 2.39. The summed E-state index contributed by atoms with van der Waals surface area (Å²) in [5.41, 5.74) is 1.44. The Bertz CT molecular complexity index is 624. The molecule has 0 bridgehead atoms. The molecule has 1 aromatic heterocycles. The molecular weight excluding hydrogens is 308 g/mol. The molecule has 1 heterocycles. The van der Waals surface area contributed by atoms with Gasteiger partial charge in [-0.3, -0.25) is 9.59 Å². The van der Waals surface area contributed by atoms with Crippen molar-refractivity contribution in [3.63, 3.8) is 0 Å². The zero-order valence-electron chi connectivity index (χ0n) is 10.2. The first-order chi connectivity index (χ1) is 9.06. The topological polar surface area (TPSA) is 59.1 Å². The van der Waals surface area contributed by atoms with Crippen LogP contribution in [0.1, 0.15) is 27.8 Å². The fourth-order valence-electron chi connectivity index (χ4n) is 1.52. The number of hydrogen-bond acceptors (Lipinski definition) is 3. The third-order valence-electron chi connectivity index (χ3n) is 2.49. The number of amides is 1. The van der Waals surface area contributed by atoms with Gasteiger partial charge in [0.2, 0.25) is 0 Å². The highest BCUT2D eigenvalue weighted by Gasteiger charge is 2.08. The largest absolute Gasteiger partial charge is 0.321 e. The van der Waals surface area contributed by atoms with Crippen LogP contribution >= 0.6 is 15.9 Å². The summed E-state index contributed by atoms with van der Waals surface area (Å²) < 4.78 is 0.808. The molecule has 0 fully saturated rings. The molecule has 0 unspecified atom stereocenters. The monoisotopic (exact) mass is 318 g/mol. The first kappa shape index (κ1) is 13.4. The SMILES string of the molecule is CC(=O)c1cccc(NC(=O)c2ccc(Br)cn2)c1. The van der Waals surface area contributed by atoms with E-state index in [2.05, 4.69) is 26.2 Å². The van der Waals surface area contributed by atoms with E-state index in [9.17, 15) is 9.59 Å². The van der Waals surface area contributed by atoms with Crippen molar-refractivity contribution < 1.29 is 9.59 Å². The van der Waals surface area contributed by atoms with Crippen molar-refractivity contribution in [3.05, 3.63) is 58.3 Å². The smallest absolute Gasteiger partial charge is 0.274 e. The second-order valence-electron chi connectivity index (χ2n) is 3.95. The third kappa shape index (κ3) is 3.48. The molecule has 1 aromatic carbocycles. The summed E-state index contributed by atoms with van der Waals surface area (Å²) in [5, 5.41) is 2.70. The number of carbonyl (C=O) groups excluding carboxylic acids is 2. The fraction of sp³-hybridized carbons (Fsp3) is 0.0714. The van der Waals surface area contributed by atoms with Crippen molar-refractivity contribution in [2.24, 2.45) is 0 Å². The van der Waals surface area contributed by atoms with Crippen LogP contribution in [0.5, 0.6) is 0 Å². The van der Waals surface area contributed by atoms with Gasteiger partial charge in [0.05, 0.1) is 0 Å². The standard InChI is InChI=1S/C14H11BrN2O2/c1-9(18)10-3-2-4-12(7-10)17-14(19)13-6-5-11(15)8-16-13/h2-8H,1H3,(H,17,19). The van der Waals surface area contributed by atoms with E-state index < -0.39 is 0 Å². The summed E-state index contributed by atoms with van der Waals surface area (Å²) in [6, 6.07) is 10.2. The molecular formula is C14H11BrN2O2. The number of Topliss-reactive ketones (excluding diaryl/α,β-unsaturated/α-hetero) is 1. The van der Waals surface area contributed by atoms with E-state index in [1.54, 1.807) is 42.6 Å². The Morgan fingerprint density at radius 3 is 2.63 bits per heavy atom. The second kappa shape index (κ2) is 5.75. The van der Waals surface area contributed by atoms with E-state index in [-0.39, 0.29) is 11.7 Å². The van der Waals surface area contributed by atoms with Crippen LogP contribution in [-0.2, 0) is 0 Å². The molecule has 0 saturated heterocycles. The van der Waals surface area contributed by atoms with Gasteiger partial charge < -0.3 is 5.32 Å². The highest BCUT2D eigenvalue weighted by atomic mass is 79.9. The molecule has 0 spiro atoms. The number of halogens is 1.